The molecule has 0 bridgehead atoms. The molecule has 1 amide bonds. The van der Waals surface area contributed by atoms with E-state index in [2.05, 4.69) is 15.6 Å². The van der Waals surface area contributed by atoms with Gasteiger partial charge >= 0.3 is 0 Å². The van der Waals surface area contributed by atoms with Crippen LogP contribution < -0.4 is 10.6 Å². The molecule has 5 nitrogen and oxygen atoms in total. The Morgan fingerprint density at radius 2 is 2.30 bits per heavy atom. The van der Waals surface area contributed by atoms with Gasteiger partial charge in [0.1, 0.15) is 5.69 Å². The number of imidazole rings is 1. The zero-order valence-electron chi connectivity index (χ0n) is 11.5. The van der Waals surface area contributed by atoms with Gasteiger partial charge in [0.15, 0.2) is 0 Å². The molecule has 0 fully saturated rings. The average Bonchev–Trinajstić information content (AvgIpc) is 2.90. The third-order valence-corrected chi connectivity index (χ3v) is 3.57. The quantitative estimate of drug-likeness (QED) is 0.896. The van der Waals surface area contributed by atoms with Gasteiger partial charge in [-0.25, -0.2) is 4.98 Å². The summed E-state index contributed by atoms with van der Waals surface area (Å²) in [6.07, 6.45) is 2.88. The highest BCUT2D eigenvalue weighted by Gasteiger charge is 2.16. The first-order chi connectivity index (χ1) is 9.74. The number of fused-ring (bicyclic) bond motifs is 1. The van der Waals surface area contributed by atoms with E-state index in [9.17, 15) is 4.79 Å². The molecular formula is C15H18N4O. The minimum absolute atomic E-state index is 0.128. The monoisotopic (exact) mass is 270 g/mol. The van der Waals surface area contributed by atoms with Gasteiger partial charge in [0.05, 0.1) is 0 Å². The van der Waals surface area contributed by atoms with Crippen molar-refractivity contribution in [2.75, 3.05) is 11.9 Å². The number of nitrogens with zero attached hydrogens (tertiary/aromatic N) is 2. The van der Waals surface area contributed by atoms with Crippen molar-refractivity contribution in [2.45, 2.75) is 26.4 Å². The van der Waals surface area contributed by atoms with Crippen LogP contribution in [0, 0.1) is 6.92 Å². The lowest BCUT2D eigenvalue weighted by molar-refractivity contribution is 0.0946. The van der Waals surface area contributed by atoms with Gasteiger partial charge in [0.2, 0.25) is 5.95 Å². The summed E-state index contributed by atoms with van der Waals surface area (Å²) in [5.41, 5.74) is 2.78. The van der Waals surface area contributed by atoms with Gasteiger partial charge in [-0.3, -0.25) is 4.79 Å². The Bertz CT molecular complexity index is 609. The second kappa shape index (κ2) is 5.36. The molecule has 2 heterocycles. The molecule has 0 unspecified atom stereocenters. The largest absolute Gasteiger partial charge is 0.356 e. The van der Waals surface area contributed by atoms with E-state index in [-0.39, 0.29) is 5.91 Å². The Morgan fingerprint density at radius 3 is 3.10 bits per heavy atom. The number of anilines is 1. The Balaban J connectivity index is 1.67. The summed E-state index contributed by atoms with van der Waals surface area (Å²) in [5, 5.41) is 6.12. The Labute approximate surface area is 118 Å². The molecule has 1 aliphatic rings. The van der Waals surface area contributed by atoms with Crippen LogP contribution in [0.25, 0.3) is 0 Å². The zero-order valence-corrected chi connectivity index (χ0v) is 11.5. The van der Waals surface area contributed by atoms with Crippen molar-refractivity contribution < 1.29 is 4.79 Å². The number of amides is 1. The number of hydrogen-bond donors (Lipinski definition) is 2. The maximum atomic E-state index is 12.1. The van der Waals surface area contributed by atoms with Gasteiger partial charge in [-0.15, -0.1) is 0 Å². The van der Waals surface area contributed by atoms with Gasteiger partial charge in [0, 0.05) is 25.8 Å². The molecule has 1 aromatic heterocycles. The van der Waals surface area contributed by atoms with Crippen LogP contribution in [-0.4, -0.2) is 22.0 Å². The number of hydrogen-bond acceptors (Lipinski definition) is 3. The normalized spacial score (nSPS) is 13.4. The van der Waals surface area contributed by atoms with Crippen LogP contribution in [0.15, 0.2) is 30.5 Å². The summed E-state index contributed by atoms with van der Waals surface area (Å²) in [4.78, 5) is 16.5. The van der Waals surface area contributed by atoms with Crippen molar-refractivity contribution >= 4 is 11.9 Å². The van der Waals surface area contributed by atoms with Gasteiger partial charge in [-0.2, -0.15) is 0 Å². The molecule has 0 radical (unpaired) electrons. The summed E-state index contributed by atoms with van der Waals surface area (Å²) in [6, 6.07) is 8.04. The van der Waals surface area contributed by atoms with E-state index in [1.54, 1.807) is 0 Å². The van der Waals surface area contributed by atoms with Crippen LogP contribution in [0.2, 0.25) is 0 Å². The molecule has 5 heteroatoms. The number of carbonyl (C=O) groups is 1. The Hall–Kier alpha value is -2.30. The first-order valence-electron chi connectivity index (χ1n) is 6.88. The third kappa shape index (κ3) is 2.52. The van der Waals surface area contributed by atoms with E-state index < -0.39 is 0 Å². The molecule has 1 aromatic carbocycles. The van der Waals surface area contributed by atoms with Crippen LogP contribution in [0.5, 0.6) is 0 Å². The number of carbonyl (C=O) groups excluding carboxylic acids is 1. The summed E-state index contributed by atoms with van der Waals surface area (Å²) in [5.74, 6) is 0.661. The molecule has 0 spiro atoms. The fraction of sp³-hybridized carbons (Fsp3) is 0.333. The van der Waals surface area contributed by atoms with Crippen molar-refractivity contribution in [2.24, 2.45) is 0 Å². The first-order valence-corrected chi connectivity index (χ1v) is 6.88. The molecule has 0 saturated heterocycles. The molecule has 104 valence electrons. The number of aromatic nitrogens is 2. The van der Waals surface area contributed by atoms with Crippen LogP contribution in [0.3, 0.4) is 0 Å². The van der Waals surface area contributed by atoms with Crippen molar-refractivity contribution in [3.63, 3.8) is 0 Å². The minimum Gasteiger partial charge on any atom is -0.356 e. The Kier molecular flexibility index (Phi) is 3.41. The van der Waals surface area contributed by atoms with E-state index in [0.717, 1.165) is 31.0 Å². The summed E-state index contributed by atoms with van der Waals surface area (Å²) in [7, 11) is 0. The highest BCUT2D eigenvalue weighted by molar-refractivity contribution is 5.92. The molecule has 0 saturated carbocycles. The fourth-order valence-electron chi connectivity index (χ4n) is 2.36. The molecule has 3 rings (SSSR count). The molecule has 20 heavy (non-hydrogen) atoms. The lowest BCUT2D eigenvalue weighted by Crippen LogP contribution is -2.23. The van der Waals surface area contributed by atoms with Crippen molar-refractivity contribution in [3.8, 4) is 0 Å². The number of aryl methyl sites for hydroxylation is 2. The molecule has 1 aliphatic heterocycles. The van der Waals surface area contributed by atoms with Crippen molar-refractivity contribution in [1.29, 1.82) is 0 Å². The summed E-state index contributed by atoms with van der Waals surface area (Å²) in [6.45, 7) is 4.41. The van der Waals surface area contributed by atoms with E-state index in [4.69, 9.17) is 0 Å². The molecule has 0 aliphatic carbocycles. The van der Waals surface area contributed by atoms with Crippen LogP contribution in [0.4, 0.5) is 5.95 Å². The lowest BCUT2D eigenvalue weighted by Gasteiger charge is -2.14. The number of nitrogens with one attached hydrogen (secondary N) is 2. The van der Waals surface area contributed by atoms with Crippen LogP contribution >= 0.6 is 0 Å². The molecule has 2 aromatic rings. The fourth-order valence-corrected chi connectivity index (χ4v) is 2.36. The van der Waals surface area contributed by atoms with Crippen LogP contribution in [-0.2, 0) is 13.1 Å². The lowest BCUT2D eigenvalue weighted by atomic mass is 10.1. The predicted molar refractivity (Wildman–Crippen MR) is 77.7 cm³/mol. The number of rotatable bonds is 3. The van der Waals surface area contributed by atoms with Gasteiger partial charge in [0.25, 0.3) is 5.91 Å². The highest BCUT2D eigenvalue weighted by Crippen LogP contribution is 2.14. The summed E-state index contributed by atoms with van der Waals surface area (Å²) < 4.78 is 1.99. The van der Waals surface area contributed by atoms with E-state index in [1.807, 2.05) is 42.0 Å². The predicted octanol–water partition coefficient (Wildman–Crippen LogP) is 1.94. The summed E-state index contributed by atoms with van der Waals surface area (Å²) >= 11 is 0. The average molecular weight is 270 g/mol. The third-order valence-electron chi connectivity index (χ3n) is 3.57. The standard InChI is InChI=1S/C15H18N4O/c1-11-5-2-3-6-12(11)9-17-14(20)13-10-19-8-4-7-16-15(19)18-13/h2-3,5-6,10H,4,7-9H2,1H3,(H,16,18)(H,17,20). The van der Waals surface area contributed by atoms with Gasteiger partial charge in [-0.05, 0) is 24.5 Å². The molecular weight excluding hydrogens is 252 g/mol. The van der Waals surface area contributed by atoms with E-state index in [0.29, 0.717) is 12.2 Å². The Morgan fingerprint density at radius 1 is 1.45 bits per heavy atom. The molecule has 2 N–H and O–H groups in total. The van der Waals surface area contributed by atoms with Crippen LogP contribution in [0.1, 0.15) is 28.0 Å². The smallest absolute Gasteiger partial charge is 0.271 e. The number of benzene rings is 1. The minimum atomic E-state index is -0.128. The first kappa shape index (κ1) is 12.7. The van der Waals surface area contributed by atoms with E-state index >= 15 is 0 Å². The second-order valence-corrected chi connectivity index (χ2v) is 5.03. The van der Waals surface area contributed by atoms with Gasteiger partial charge in [-0.1, -0.05) is 24.3 Å². The highest BCUT2D eigenvalue weighted by atomic mass is 16.1. The maximum absolute atomic E-state index is 12.1. The SMILES string of the molecule is Cc1ccccc1CNC(=O)c1cn2c(n1)NCCC2. The van der Waals surface area contributed by atoms with E-state index in [1.165, 1.54) is 5.56 Å². The van der Waals surface area contributed by atoms with Crippen molar-refractivity contribution in [1.82, 2.24) is 14.9 Å². The topological polar surface area (TPSA) is 59.0 Å². The maximum Gasteiger partial charge on any atom is 0.271 e. The van der Waals surface area contributed by atoms with Gasteiger partial charge < -0.3 is 15.2 Å². The molecule has 0 atom stereocenters. The second-order valence-electron chi connectivity index (χ2n) is 5.03. The zero-order chi connectivity index (χ0) is 13.9. The van der Waals surface area contributed by atoms with Crippen molar-refractivity contribution in [3.05, 3.63) is 47.3 Å².